The van der Waals surface area contributed by atoms with Crippen molar-refractivity contribution in [2.24, 2.45) is 0 Å². The molecule has 202 valence electrons. The second-order valence-electron chi connectivity index (χ2n) is 8.26. The predicted octanol–water partition coefficient (Wildman–Crippen LogP) is 5.27. The number of rotatable bonds is 5. The first-order chi connectivity index (χ1) is 18.7. The summed E-state index contributed by atoms with van der Waals surface area (Å²) < 4.78 is 1.54. The van der Waals surface area contributed by atoms with Gasteiger partial charge < -0.3 is 43.5 Å². The first-order valence-electron chi connectivity index (χ1n) is 11.9. The van der Waals surface area contributed by atoms with Crippen LogP contribution in [0.25, 0.3) is 22.4 Å². The zero-order chi connectivity index (χ0) is 26.2. The Hall–Kier alpha value is -3.20. The van der Waals surface area contributed by atoms with Gasteiger partial charge in [0.15, 0.2) is 0 Å². The van der Waals surface area contributed by atoms with Crippen LogP contribution in [-0.4, -0.2) is 21.5 Å². The van der Waals surface area contributed by atoms with E-state index >= 15 is 0 Å². The summed E-state index contributed by atoms with van der Waals surface area (Å²) in [7, 11) is 2.45. The number of pyridine rings is 1. The molecule has 40 heavy (non-hydrogen) atoms. The van der Waals surface area contributed by atoms with Crippen molar-refractivity contribution in [2.45, 2.75) is 0 Å². The molecule has 2 aromatic heterocycles. The summed E-state index contributed by atoms with van der Waals surface area (Å²) in [4.78, 5) is 8.57. The molecular formula is C33H22N4PPt2-3. The van der Waals surface area contributed by atoms with E-state index in [1.807, 2.05) is 85.6 Å². The molecule has 0 N–H and O–H groups in total. The molecule has 1 unspecified atom stereocenters. The van der Waals surface area contributed by atoms with Crippen LogP contribution in [0.4, 0.5) is 5.69 Å². The van der Waals surface area contributed by atoms with Crippen LogP contribution in [0, 0.1) is 49.5 Å². The third kappa shape index (κ3) is 8.40. The van der Waals surface area contributed by atoms with Crippen molar-refractivity contribution in [2.75, 3.05) is 11.9 Å². The smallest absolute Gasteiger partial charge is 0.669 e. The molecule has 0 spiro atoms. The van der Waals surface area contributed by atoms with Crippen molar-refractivity contribution in [3.63, 3.8) is 0 Å². The fourth-order valence-corrected chi connectivity index (χ4v) is 4.70. The molecule has 0 aliphatic carbocycles. The van der Waals surface area contributed by atoms with Gasteiger partial charge in [-0.25, -0.2) is 34.6 Å². The van der Waals surface area contributed by atoms with Crippen molar-refractivity contribution in [3.05, 3.63) is 147 Å². The number of hydrogen-bond acceptors (Lipinski definition) is 3. The van der Waals surface area contributed by atoms with Crippen LogP contribution in [0.1, 0.15) is 0 Å². The van der Waals surface area contributed by atoms with E-state index in [4.69, 9.17) is 6.42 Å². The number of nitrogens with zero attached hydrogens (tertiary/aromatic N) is 4. The summed E-state index contributed by atoms with van der Waals surface area (Å²) >= 11 is 0. The standard InChI is InChI=1S/C27H18N3P.C6H4N.2Pt/c1-29-15-16-30(20-29)24-10-6-12-26(19-24)31-25-11-5-9-23(17-25)27-18-22(13-14-28-27)21-7-3-2-4-8-21;1-2-7-5-3-4-6-7;;/h2-7,10-16,20,31H,1H3;3-6H;;/q-6;-1;;+4. The molecule has 3 aromatic carbocycles. The van der Waals surface area contributed by atoms with Gasteiger partial charge >= 0.3 is 21.1 Å². The molecule has 1 atom stereocenters. The molecule has 0 radical (unpaired) electrons. The van der Waals surface area contributed by atoms with E-state index in [2.05, 4.69) is 64.5 Å². The van der Waals surface area contributed by atoms with Gasteiger partial charge in [0, 0.05) is 33.5 Å². The minimum Gasteiger partial charge on any atom is -0.669 e. The molecule has 4 nitrogen and oxygen atoms in total. The van der Waals surface area contributed by atoms with Crippen LogP contribution in [0.3, 0.4) is 0 Å². The van der Waals surface area contributed by atoms with Gasteiger partial charge in [-0.1, -0.05) is 0 Å². The minimum atomic E-state index is 0. The van der Waals surface area contributed by atoms with Crippen LogP contribution < -0.4 is 15.5 Å². The number of hydrogen-bond donors (Lipinski definition) is 0. The van der Waals surface area contributed by atoms with Crippen molar-refractivity contribution < 1.29 is 42.1 Å². The fourth-order valence-electron chi connectivity index (χ4n) is 3.68. The Balaban J connectivity index is 0.000000431. The summed E-state index contributed by atoms with van der Waals surface area (Å²) in [6.45, 7) is 2.03. The average Bonchev–Trinajstić information content (AvgIpc) is 3.66. The number of anilines is 1. The molecule has 0 amide bonds. The molecule has 0 saturated heterocycles. The molecule has 0 fully saturated rings. The first-order valence-corrected chi connectivity index (χ1v) is 12.9. The molecule has 6 rings (SSSR count). The van der Waals surface area contributed by atoms with Crippen LogP contribution >= 0.6 is 8.58 Å². The Labute approximate surface area is 267 Å². The second-order valence-corrected chi connectivity index (χ2v) is 9.59. The summed E-state index contributed by atoms with van der Waals surface area (Å²) in [5.74, 6) is 0. The zero-order valence-corrected chi connectivity index (χ0v) is 26.9. The SMILES string of the molecule is CN1C=CN(c2[c-]c(Pc3[c-]c(-c4[c-]c(-c5[c-]cccc5)ccn4)[c-]cc3)ccc2)[CH-]1.[C-]#Cn1cccc1.[Pt+4].[Pt]. The first kappa shape index (κ1) is 31.3. The van der Waals surface area contributed by atoms with E-state index < -0.39 is 0 Å². The molecule has 5 aromatic rings. The molecule has 7 heteroatoms. The van der Waals surface area contributed by atoms with Gasteiger partial charge in [0.05, 0.1) is 0 Å². The third-order valence-electron chi connectivity index (χ3n) is 5.50. The van der Waals surface area contributed by atoms with Crippen LogP contribution in [0.5, 0.6) is 0 Å². The number of benzene rings is 3. The second kappa shape index (κ2) is 15.5. The molecule has 1 aliphatic heterocycles. The maximum Gasteiger partial charge on any atom is 4.00 e. The molecular weight excluding hydrogens is 874 g/mol. The van der Waals surface area contributed by atoms with E-state index in [-0.39, 0.29) is 42.1 Å². The third-order valence-corrected chi connectivity index (χ3v) is 6.62. The summed E-state index contributed by atoms with van der Waals surface area (Å²) in [5.41, 5.74) is 4.53. The quantitative estimate of drug-likeness (QED) is 0.137. The number of aromatic nitrogens is 2. The predicted molar refractivity (Wildman–Crippen MR) is 154 cm³/mol. The molecule has 1 aliphatic rings. The van der Waals surface area contributed by atoms with Crippen molar-refractivity contribution in [1.82, 2.24) is 14.5 Å². The average molecular weight is 896 g/mol. The van der Waals surface area contributed by atoms with Gasteiger partial charge in [-0.15, -0.1) is 25.6 Å². The Kier molecular flexibility index (Phi) is 12.2. The van der Waals surface area contributed by atoms with E-state index in [1.165, 1.54) is 0 Å². The summed E-state index contributed by atoms with van der Waals surface area (Å²) in [5, 5.41) is 2.22. The largest absolute Gasteiger partial charge is 4.00 e. The maximum atomic E-state index is 6.57. The molecule has 0 bridgehead atoms. The molecule has 3 heterocycles. The van der Waals surface area contributed by atoms with Gasteiger partial charge in [0.25, 0.3) is 0 Å². The minimum absolute atomic E-state index is 0. The van der Waals surface area contributed by atoms with Gasteiger partial charge in [0.2, 0.25) is 0 Å². The Morgan fingerprint density at radius 2 is 1.68 bits per heavy atom. The van der Waals surface area contributed by atoms with Crippen LogP contribution in [0.15, 0.2) is 104 Å². The van der Waals surface area contributed by atoms with Gasteiger partial charge in [0.1, 0.15) is 0 Å². The van der Waals surface area contributed by atoms with Crippen molar-refractivity contribution >= 4 is 24.9 Å². The zero-order valence-electron chi connectivity index (χ0n) is 21.3. The van der Waals surface area contributed by atoms with E-state index in [0.717, 1.165) is 38.7 Å². The summed E-state index contributed by atoms with van der Waals surface area (Å²) in [6, 6.07) is 42.8. The van der Waals surface area contributed by atoms with Crippen molar-refractivity contribution in [3.8, 4) is 28.4 Å². The Bertz CT molecular complexity index is 1560. The van der Waals surface area contributed by atoms with E-state index in [9.17, 15) is 0 Å². The van der Waals surface area contributed by atoms with Gasteiger partial charge in [-0.2, -0.15) is 67.0 Å². The van der Waals surface area contributed by atoms with E-state index in [0.29, 0.717) is 8.58 Å². The van der Waals surface area contributed by atoms with Gasteiger partial charge in [-0.05, 0) is 37.8 Å². The fraction of sp³-hybridized carbons (Fsp3) is 0.0303. The maximum absolute atomic E-state index is 6.57. The van der Waals surface area contributed by atoms with E-state index in [1.54, 1.807) is 23.2 Å². The Morgan fingerprint density at radius 3 is 2.38 bits per heavy atom. The van der Waals surface area contributed by atoms with Gasteiger partial charge in [-0.3, -0.25) is 6.07 Å². The normalized spacial score (nSPS) is 11.8. The van der Waals surface area contributed by atoms with Crippen molar-refractivity contribution in [1.29, 1.82) is 0 Å². The molecule has 0 saturated carbocycles. The topological polar surface area (TPSA) is 24.3 Å². The summed E-state index contributed by atoms with van der Waals surface area (Å²) in [6.07, 6.45) is 15.9. The monoisotopic (exact) mass is 895 g/mol. The van der Waals surface area contributed by atoms with Crippen LogP contribution in [-0.2, 0) is 42.1 Å². The van der Waals surface area contributed by atoms with Crippen LogP contribution in [0.2, 0.25) is 0 Å². The Morgan fingerprint density at radius 1 is 0.850 bits per heavy atom.